The molecule has 15 amide bonds. The van der Waals surface area contributed by atoms with Gasteiger partial charge in [-0.1, -0.05) is 86.4 Å². The number of carbonyl (C=O) groups is 19. The predicted octanol–water partition coefficient (Wildman–Crippen LogP) is -5.31. The van der Waals surface area contributed by atoms with E-state index in [0.717, 1.165) is 0 Å². The molecule has 2 aromatic heterocycles. The molecule has 3 heterocycles. The number of para-hydroxylation sites is 1. The molecule has 0 unspecified atom stereocenters. The van der Waals surface area contributed by atoms with Gasteiger partial charge in [-0.2, -0.15) is 12.6 Å². The van der Waals surface area contributed by atoms with Gasteiger partial charge in [0, 0.05) is 67.0 Å². The van der Waals surface area contributed by atoms with E-state index >= 15 is 0 Å². The van der Waals surface area contributed by atoms with E-state index in [4.69, 9.17) is 17.2 Å². The number of hydrogen-bond donors (Lipinski definition) is 25. The molecule has 1 fully saturated rings. The zero-order valence-electron chi connectivity index (χ0n) is 71.1. The Hall–Kier alpha value is -11.9. The van der Waals surface area contributed by atoms with Crippen molar-refractivity contribution >= 4 is 136 Å². The maximum absolute atomic E-state index is 14.9. The van der Waals surface area contributed by atoms with Crippen LogP contribution in [-0.2, 0) is 104 Å². The number of primary amides is 1. The molecule has 694 valence electrons. The number of aliphatic carboxylic acids is 4. The molecule has 1 aliphatic heterocycles. The second kappa shape index (κ2) is 52.7. The third-order valence-electron chi connectivity index (χ3n) is 20.8. The number of fused-ring (bicyclic) bond motifs is 1. The highest BCUT2D eigenvalue weighted by molar-refractivity contribution is 7.80. The van der Waals surface area contributed by atoms with Gasteiger partial charge in [-0.15, -0.1) is 0 Å². The first-order valence-corrected chi connectivity index (χ1v) is 41.9. The number of aliphatic hydroxyl groups excluding tert-OH is 2. The van der Waals surface area contributed by atoms with Crippen LogP contribution in [0.4, 0.5) is 0 Å². The average molecular weight is 1780 g/mol. The Labute approximate surface area is 726 Å². The van der Waals surface area contributed by atoms with Crippen molar-refractivity contribution in [3.05, 3.63) is 54.2 Å². The number of imidazole rings is 1. The standard InChI is InChI=1S/C79H122N20O25S/c1-9-40(7)63(98-77(121)64(41(8)10-2)97-72(116)54(31-62(107)108)92-66(110)48(21-23-60(103)104)86-65(109)45(81)29-43-33-83-37-85-43)76(120)95-56(35-101)74(118)90-51(27-39(5)6)69(113)91-52(28-42-32-84-46-17-12-11-16-44(42)46)70(114)93-53(30-61(105)106)71(115)87-47(20-22-59(82)102)67(111)94-55(34-100)73(117)89-50(26-38(3)4)68(112)88-49(18-13-14-24-80)78(122)99-25-15-19-58(99)75(119)96-57(36-125)79(123)124/h11-12,16-17,32-33,37-41,45,47-58,63-64,84,100-101,125H,9-10,13-15,18-31,34-36,80-81H2,1-8H3,(H2,82,102)(H,83,85)(H,86,109)(H,87,115)(H,88,112)(H,89,117)(H,90,118)(H,91,113)(H,92,110)(H,93,114)(H,94,111)(H,95,120)(H,96,119)(H,97,116)(H,98,121)(H,103,104)(H,105,106)(H,107,108)(H,123,124)/t40-,41-,45-,47-,48-,49-,50-,51-,52-,53-,54-,55-,56-,57-,58-,63-,64-/m0/s1. The molecular formula is C79H122N20O25S. The number of aromatic amines is 2. The number of aliphatic hydroxyl groups is 2. The number of rotatable bonds is 57. The highest BCUT2D eigenvalue weighted by Gasteiger charge is 2.43. The van der Waals surface area contributed by atoms with Crippen LogP contribution in [0.1, 0.15) is 163 Å². The zero-order chi connectivity index (χ0) is 93.6. The fourth-order valence-corrected chi connectivity index (χ4v) is 13.7. The van der Waals surface area contributed by atoms with Gasteiger partial charge >= 0.3 is 23.9 Å². The van der Waals surface area contributed by atoms with Crippen LogP contribution in [0.25, 0.3) is 10.9 Å². The molecule has 125 heavy (non-hydrogen) atoms. The minimum absolute atomic E-state index is 0.00367. The van der Waals surface area contributed by atoms with E-state index in [2.05, 4.69) is 96.7 Å². The third-order valence-corrected chi connectivity index (χ3v) is 21.1. The van der Waals surface area contributed by atoms with Gasteiger partial charge in [-0.3, -0.25) is 86.3 Å². The van der Waals surface area contributed by atoms with Crippen molar-refractivity contribution in [2.24, 2.45) is 40.9 Å². The molecule has 0 radical (unpaired) electrons. The van der Waals surface area contributed by atoms with Crippen molar-refractivity contribution in [3.8, 4) is 0 Å². The number of nitrogens with zero attached hydrogens (tertiary/aromatic N) is 2. The molecule has 1 aromatic carbocycles. The van der Waals surface area contributed by atoms with E-state index in [1.807, 2.05) is 0 Å². The summed E-state index contributed by atoms with van der Waals surface area (Å²) in [7, 11) is 0. The van der Waals surface area contributed by atoms with Crippen molar-refractivity contribution in [2.75, 3.05) is 32.1 Å². The molecule has 46 heteroatoms. The fourth-order valence-electron chi connectivity index (χ4n) is 13.4. The summed E-state index contributed by atoms with van der Waals surface area (Å²) in [5, 5.41) is 92.4. The predicted molar refractivity (Wildman–Crippen MR) is 448 cm³/mol. The average Bonchev–Trinajstić information content (AvgIpc) is 1.72. The van der Waals surface area contributed by atoms with E-state index < -0.39 is 279 Å². The van der Waals surface area contributed by atoms with Crippen LogP contribution in [0, 0.1) is 23.7 Å². The van der Waals surface area contributed by atoms with Gasteiger partial charge in [0.2, 0.25) is 88.6 Å². The first-order valence-electron chi connectivity index (χ1n) is 41.2. The molecule has 0 saturated carbocycles. The van der Waals surface area contributed by atoms with E-state index in [0.29, 0.717) is 41.4 Å². The quantitative estimate of drug-likeness (QED) is 0.0185. The molecule has 0 bridgehead atoms. The van der Waals surface area contributed by atoms with Crippen LogP contribution < -0.4 is 86.3 Å². The van der Waals surface area contributed by atoms with Crippen LogP contribution >= 0.6 is 12.6 Å². The SMILES string of the molecule is CC[C@H](C)[C@H](NC(=O)[C@H](CC(=O)O)NC(=O)[C@H](CCC(=O)O)NC(=O)[C@@H](N)Cc1cnc[nH]1)C(=O)N[C@H](C(=O)N[C@@H](CO)C(=O)N[C@@H](CC(C)C)C(=O)N[C@@H](Cc1c[nH]c2ccccc12)C(=O)N[C@@H](CC(=O)O)C(=O)N[C@@H](CCC(N)=O)C(=O)N[C@@H](CO)C(=O)N[C@@H](CC(C)C)C(=O)N[C@@H](CCCCN)C(=O)N1CCC[C@H]1C(=O)N[C@@H](CS)C(=O)O)[C@@H](C)CC. The number of nitrogens with two attached hydrogens (primary N) is 3. The molecule has 27 N–H and O–H groups in total. The minimum Gasteiger partial charge on any atom is -0.481 e. The summed E-state index contributed by atoms with van der Waals surface area (Å²) in [4.78, 5) is 271. The topological polar surface area (TPSA) is 728 Å². The normalized spacial score (nSPS) is 16.4. The Kier molecular flexibility index (Phi) is 44.4. The molecule has 17 atom stereocenters. The van der Waals surface area contributed by atoms with Crippen molar-refractivity contribution in [3.63, 3.8) is 0 Å². The Bertz CT molecular complexity index is 4230. The molecule has 4 rings (SSSR count). The lowest BCUT2D eigenvalue weighted by atomic mass is 9.94. The summed E-state index contributed by atoms with van der Waals surface area (Å²) < 4.78 is 0. The van der Waals surface area contributed by atoms with Crippen LogP contribution in [0.2, 0.25) is 0 Å². The van der Waals surface area contributed by atoms with Gasteiger partial charge in [0.15, 0.2) is 0 Å². The fraction of sp³-hybridized carbons (Fsp3) is 0.620. The summed E-state index contributed by atoms with van der Waals surface area (Å²) in [6.07, 6.45) is 0.0275. The lowest BCUT2D eigenvalue weighted by Gasteiger charge is -2.31. The molecule has 45 nitrogen and oxygen atoms in total. The number of H-pyrrole nitrogens is 2. The Morgan fingerprint density at radius 2 is 0.944 bits per heavy atom. The number of unbranched alkanes of at least 4 members (excludes halogenated alkanes) is 1. The number of likely N-dealkylation sites (tertiary alicyclic amines) is 1. The number of amides is 15. The number of benzene rings is 1. The van der Waals surface area contributed by atoms with Crippen molar-refractivity contribution in [1.29, 1.82) is 0 Å². The largest absolute Gasteiger partial charge is 0.481 e. The monoisotopic (exact) mass is 1780 g/mol. The van der Waals surface area contributed by atoms with E-state index in [1.54, 1.807) is 65.8 Å². The van der Waals surface area contributed by atoms with Crippen LogP contribution in [0.15, 0.2) is 43.0 Å². The number of carboxylic acids is 4. The first-order chi connectivity index (χ1) is 59.0. The molecule has 1 aliphatic rings. The van der Waals surface area contributed by atoms with Gasteiger partial charge in [-0.05, 0) is 99.6 Å². The number of aromatic nitrogens is 3. The van der Waals surface area contributed by atoms with Gasteiger partial charge < -0.3 is 132 Å². The van der Waals surface area contributed by atoms with E-state index in [1.165, 1.54) is 37.5 Å². The van der Waals surface area contributed by atoms with Gasteiger partial charge in [0.25, 0.3) is 0 Å². The molecule has 0 aliphatic carbocycles. The number of nitrogens with one attached hydrogen (secondary N) is 15. The third kappa shape index (κ3) is 34.6. The molecule has 1 saturated heterocycles. The Balaban J connectivity index is 1.60. The summed E-state index contributed by atoms with van der Waals surface area (Å²) in [6.45, 7) is 10.9. The Morgan fingerprint density at radius 1 is 0.504 bits per heavy atom. The molecule has 0 spiro atoms. The molecule has 3 aromatic rings. The lowest BCUT2D eigenvalue weighted by molar-refractivity contribution is -0.144. The first kappa shape index (κ1) is 105. The van der Waals surface area contributed by atoms with Crippen molar-refractivity contribution in [2.45, 2.75) is 255 Å². The highest BCUT2D eigenvalue weighted by atomic mass is 32.1. The number of thiol groups is 1. The number of hydrogen-bond acceptors (Lipinski definition) is 25. The summed E-state index contributed by atoms with van der Waals surface area (Å²) in [5.41, 5.74) is 18.6. The summed E-state index contributed by atoms with van der Waals surface area (Å²) in [6, 6.07) is -18.1. The highest BCUT2D eigenvalue weighted by Crippen LogP contribution is 2.24. The van der Waals surface area contributed by atoms with Gasteiger partial charge in [0.05, 0.1) is 38.4 Å². The van der Waals surface area contributed by atoms with E-state index in [-0.39, 0.29) is 69.7 Å². The van der Waals surface area contributed by atoms with Gasteiger partial charge in [-0.25, -0.2) is 9.78 Å². The molecular weight excluding hydrogens is 1660 g/mol. The minimum atomic E-state index is -2.15. The van der Waals surface area contributed by atoms with Crippen LogP contribution in [0.5, 0.6) is 0 Å². The zero-order valence-corrected chi connectivity index (χ0v) is 72.0. The summed E-state index contributed by atoms with van der Waals surface area (Å²) >= 11 is 4.00. The second-order valence-electron chi connectivity index (χ2n) is 31.6. The van der Waals surface area contributed by atoms with Gasteiger partial charge in [0.1, 0.15) is 84.6 Å². The summed E-state index contributed by atoms with van der Waals surface area (Å²) in [5.74, 6) is -25.0. The second-order valence-corrected chi connectivity index (χ2v) is 32.0. The van der Waals surface area contributed by atoms with Crippen molar-refractivity contribution < 1.29 is 122 Å². The van der Waals surface area contributed by atoms with Crippen LogP contribution in [-0.4, -0.2) is 286 Å². The smallest absolute Gasteiger partial charge is 0.327 e. The maximum Gasteiger partial charge on any atom is 0.327 e. The number of carbonyl (C=O) groups excluding carboxylic acids is 15. The lowest BCUT2D eigenvalue weighted by Crippen LogP contribution is -2.62. The Morgan fingerprint density at radius 3 is 1.42 bits per heavy atom. The van der Waals surface area contributed by atoms with E-state index in [9.17, 15) is 122 Å². The van der Waals surface area contributed by atoms with Crippen molar-refractivity contribution in [1.82, 2.24) is 89.0 Å². The maximum atomic E-state index is 14.9. The van der Waals surface area contributed by atoms with Crippen LogP contribution in [0.3, 0.4) is 0 Å². The number of carboxylic acid groups (broad SMARTS) is 4.